The summed E-state index contributed by atoms with van der Waals surface area (Å²) >= 11 is 1.37. The lowest BCUT2D eigenvalue weighted by Gasteiger charge is -2.07. The Hall–Kier alpha value is -4.89. The first-order chi connectivity index (χ1) is 18.5. The fraction of sp³-hybridized carbons (Fsp3) is 0.0690. The molecule has 0 aliphatic heterocycles. The van der Waals surface area contributed by atoms with Crippen LogP contribution in [0.25, 0.3) is 28.1 Å². The molecule has 0 spiro atoms. The van der Waals surface area contributed by atoms with Crippen molar-refractivity contribution >= 4 is 34.2 Å². The van der Waals surface area contributed by atoms with Crippen LogP contribution in [0.4, 0.5) is 5.69 Å². The Morgan fingerprint density at radius 1 is 0.974 bits per heavy atom. The molecular weight excluding hydrogens is 498 g/mol. The third-order valence-corrected chi connectivity index (χ3v) is 7.13. The summed E-state index contributed by atoms with van der Waals surface area (Å²) in [4.78, 5) is 18.8. The fourth-order valence-corrected chi connectivity index (χ4v) is 5.05. The van der Waals surface area contributed by atoms with Crippen LogP contribution in [0.2, 0.25) is 0 Å². The monoisotopic (exact) mass is 521 g/mol. The zero-order valence-electron chi connectivity index (χ0n) is 20.6. The Balaban J connectivity index is 1.54. The molecule has 9 heteroatoms. The van der Waals surface area contributed by atoms with Crippen LogP contribution in [0.1, 0.15) is 11.3 Å². The van der Waals surface area contributed by atoms with Gasteiger partial charge in [-0.15, -0.1) is 11.3 Å². The van der Waals surface area contributed by atoms with E-state index in [0.717, 1.165) is 27.9 Å². The van der Waals surface area contributed by atoms with Gasteiger partial charge in [0.15, 0.2) is 11.4 Å². The van der Waals surface area contributed by atoms with E-state index < -0.39 is 0 Å². The molecule has 0 aliphatic rings. The Bertz CT molecular complexity index is 1890. The molecule has 3 aromatic heterocycles. The van der Waals surface area contributed by atoms with Crippen LogP contribution >= 0.6 is 11.3 Å². The molecule has 0 fully saturated rings. The van der Waals surface area contributed by atoms with Gasteiger partial charge in [0, 0.05) is 17.8 Å². The molecule has 6 aromatic rings. The van der Waals surface area contributed by atoms with E-state index in [1.165, 1.54) is 11.3 Å². The van der Waals surface area contributed by atoms with E-state index in [0.29, 0.717) is 21.9 Å². The van der Waals surface area contributed by atoms with Crippen LogP contribution in [0.3, 0.4) is 0 Å². The number of fused-ring (bicyclic) bond motifs is 1. The Morgan fingerprint density at radius 2 is 1.71 bits per heavy atom. The van der Waals surface area contributed by atoms with Crippen molar-refractivity contribution in [1.82, 2.24) is 14.0 Å². The third kappa shape index (κ3) is 4.18. The normalized spacial score (nSPS) is 12.2. The van der Waals surface area contributed by atoms with Gasteiger partial charge in [0.2, 0.25) is 4.80 Å². The Labute approximate surface area is 221 Å². The Morgan fingerprint density at radius 3 is 2.47 bits per heavy atom. The second-order valence-corrected chi connectivity index (χ2v) is 9.56. The largest absolute Gasteiger partial charge is 0.508 e. The lowest BCUT2D eigenvalue weighted by Crippen LogP contribution is -2.19. The molecule has 0 amide bonds. The lowest BCUT2D eigenvalue weighted by molar-refractivity contribution is 0.475. The number of aromatic hydroxyl groups is 1. The van der Waals surface area contributed by atoms with E-state index >= 15 is 0 Å². The molecule has 0 aliphatic carbocycles. The molecule has 8 nitrogen and oxygen atoms in total. The van der Waals surface area contributed by atoms with E-state index in [9.17, 15) is 9.90 Å². The smallest absolute Gasteiger partial charge is 0.297 e. The van der Waals surface area contributed by atoms with Crippen molar-refractivity contribution in [2.24, 2.45) is 17.1 Å². The first-order valence-electron chi connectivity index (χ1n) is 11.9. The quantitative estimate of drug-likeness (QED) is 0.300. The number of rotatable bonds is 5. The Kier molecular flexibility index (Phi) is 5.89. The third-order valence-electron chi connectivity index (χ3n) is 6.31. The summed E-state index contributed by atoms with van der Waals surface area (Å²) < 4.78 is 11.2. The van der Waals surface area contributed by atoms with Gasteiger partial charge in [-0.25, -0.2) is 14.4 Å². The van der Waals surface area contributed by atoms with Gasteiger partial charge in [0.1, 0.15) is 17.0 Å². The summed E-state index contributed by atoms with van der Waals surface area (Å²) in [5.74, 6) is 0.816. The zero-order chi connectivity index (χ0) is 26.2. The molecule has 0 radical (unpaired) electrons. The van der Waals surface area contributed by atoms with Crippen molar-refractivity contribution in [3.8, 4) is 22.9 Å². The highest BCUT2D eigenvalue weighted by atomic mass is 32.1. The first-order valence-corrected chi connectivity index (χ1v) is 12.8. The molecule has 0 bridgehead atoms. The molecule has 6 rings (SSSR count). The number of phenolic OH excluding ortho intramolecular Hbond substituents is 1. The van der Waals surface area contributed by atoms with E-state index in [1.807, 2.05) is 80.0 Å². The van der Waals surface area contributed by atoms with Crippen LogP contribution in [-0.4, -0.2) is 25.4 Å². The van der Waals surface area contributed by atoms with Crippen molar-refractivity contribution in [2.45, 2.75) is 6.92 Å². The second-order valence-electron chi connectivity index (χ2n) is 8.72. The van der Waals surface area contributed by atoms with Crippen molar-refractivity contribution < 1.29 is 9.52 Å². The molecule has 0 atom stereocenters. The van der Waals surface area contributed by atoms with Gasteiger partial charge in [-0.1, -0.05) is 36.4 Å². The number of phenols is 1. The number of para-hydroxylation sites is 2. The van der Waals surface area contributed by atoms with Gasteiger partial charge in [0.25, 0.3) is 5.56 Å². The van der Waals surface area contributed by atoms with Gasteiger partial charge in [0.05, 0.1) is 17.6 Å². The van der Waals surface area contributed by atoms with E-state index in [1.54, 1.807) is 44.5 Å². The molecule has 188 valence electrons. The standard InChI is InChI=1S/C29H23N5O3S/c1-19-27(28(36)34(32(19)2)22-9-4-3-5-10-22)31-29-33(30-17-20-12-14-23(35)15-13-20)24(18-38-29)26-16-21-8-6-7-11-25(21)37-26/h3-18,35H,1-2H3. The predicted molar refractivity (Wildman–Crippen MR) is 150 cm³/mol. The van der Waals surface area contributed by atoms with Crippen molar-refractivity contribution in [3.63, 3.8) is 0 Å². The number of furan rings is 1. The van der Waals surface area contributed by atoms with Gasteiger partial charge in [-0.3, -0.25) is 9.48 Å². The maximum absolute atomic E-state index is 13.5. The average Bonchev–Trinajstić information content (AvgIpc) is 3.60. The number of aromatic nitrogens is 3. The van der Waals surface area contributed by atoms with Crippen LogP contribution in [0.5, 0.6) is 5.75 Å². The zero-order valence-corrected chi connectivity index (χ0v) is 21.5. The van der Waals surface area contributed by atoms with Gasteiger partial charge >= 0.3 is 0 Å². The summed E-state index contributed by atoms with van der Waals surface area (Å²) in [6.07, 6.45) is 1.68. The van der Waals surface area contributed by atoms with Crippen molar-refractivity contribution in [2.75, 3.05) is 0 Å². The van der Waals surface area contributed by atoms with Crippen molar-refractivity contribution in [3.05, 3.63) is 117 Å². The average molecular weight is 522 g/mol. The molecule has 0 saturated carbocycles. The highest BCUT2D eigenvalue weighted by molar-refractivity contribution is 7.07. The van der Waals surface area contributed by atoms with Gasteiger partial charge in [-0.05, 0) is 61.0 Å². The van der Waals surface area contributed by atoms with E-state index in [4.69, 9.17) is 14.5 Å². The van der Waals surface area contributed by atoms with E-state index in [2.05, 4.69) is 0 Å². The minimum Gasteiger partial charge on any atom is -0.508 e. The number of benzene rings is 3. The minimum absolute atomic E-state index is 0.179. The fourth-order valence-electron chi connectivity index (χ4n) is 4.23. The first kappa shape index (κ1) is 23.5. The van der Waals surface area contributed by atoms with Gasteiger partial charge < -0.3 is 9.52 Å². The van der Waals surface area contributed by atoms with Crippen LogP contribution in [-0.2, 0) is 7.05 Å². The number of thiazole rings is 1. The van der Waals surface area contributed by atoms with Crippen LogP contribution in [0.15, 0.2) is 110 Å². The summed E-state index contributed by atoms with van der Waals surface area (Å²) in [5, 5.41) is 17.2. The molecule has 3 heterocycles. The molecule has 0 unspecified atom stereocenters. The van der Waals surface area contributed by atoms with Crippen LogP contribution in [0, 0.1) is 6.92 Å². The molecule has 3 aromatic carbocycles. The molecular formula is C29H23N5O3S. The predicted octanol–water partition coefficient (Wildman–Crippen LogP) is 5.58. The lowest BCUT2D eigenvalue weighted by atomic mass is 10.2. The minimum atomic E-state index is -0.219. The van der Waals surface area contributed by atoms with E-state index in [-0.39, 0.29) is 11.3 Å². The second kappa shape index (κ2) is 9.53. The molecule has 0 saturated heterocycles. The molecule has 38 heavy (non-hydrogen) atoms. The summed E-state index contributed by atoms with van der Waals surface area (Å²) in [5.41, 5.74) is 3.88. The summed E-state index contributed by atoms with van der Waals surface area (Å²) in [7, 11) is 1.84. The number of hydrogen-bond acceptors (Lipinski definition) is 6. The summed E-state index contributed by atoms with van der Waals surface area (Å²) in [6, 6.07) is 26.0. The number of nitrogens with zero attached hydrogens (tertiary/aromatic N) is 5. The summed E-state index contributed by atoms with van der Waals surface area (Å²) in [6.45, 7) is 1.87. The SMILES string of the molecule is Cc1c(N=c2scc(-c3cc4ccccc4o3)n2N=Cc2ccc(O)cc2)c(=O)n(-c2ccccc2)n1C. The molecule has 1 N–H and O–H groups in total. The number of hydrogen-bond donors (Lipinski definition) is 1. The highest BCUT2D eigenvalue weighted by Crippen LogP contribution is 2.28. The van der Waals surface area contributed by atoms with Crippen molar-refractivity contribution in [1.29, 1.82) is 0 Å². The topological polar surface area (TPSA) is 90.0 Å². The maximum Gasteiger partial charge on any atom is 0.297 e. The van der Waals surface area contributed by atoms with Crippen LogP contribution < -0.4 is 10.4 Å². The highest BCUT2D eigenvalue weighted by Gasteiger charge is 2.18. The maximum atomic E-state index is 13.5. The van der Waals surface area contributed by atoms with Gasteiger partial charge in [-0.2, -0.15) is 5.10 Å².